The van der Waals surface area contributed by atoms with Crippen molar-refractivity contribution < 1.29 is 0 Å². The van der Waals surface area contributed by atoms with Gasteiger partial charge in [0.25, 0.3) is 0 Å². The molecule has 1 aromatic heterocycles. The Labute approximate surface area is 114 Å². The lowest BCUT2D eigenvalue weighted by atomic mass is 9.92. The van der Waals surface area contributed by atoms with Crippen molar-refractivity contribution in [3.05, 3.63) is 36.0 Å². The fourth-order valence-corrected chi connectivity index (χ4v) is 3.07. The fourth-order valence-electron chi connectivity index (χ4n) is 3.07. The van der Waals surface area contributed by atoms with Gasteiger partial charge in [0.2, 0.25) is 0 Å². The molecule has 0 amide bonds. The molecule has 1 aromatic carbocycles. The number of nitrogens with two attached hydrogens (primary N) is 1. The summed E-state index contributed by atoms with van der Waals surface area (Å²) in [7, 11) is 0. The van der Waals surface area contributed by atoms with Gasteiger partial charge in [-0.3, -0.25) is 0 Å². The van der Waals surface area contributed by atoms with Crippen molar-refractivity contribution in [1.82, 2.24) is 10.3 Å². The number of fused-ring (bicyclic) bond motifs is 1. The maximum atomic E-state index is 5.93. The van der Waals surface area contributed by atoms with E-state index in [0.29, 0.717) is 12.1 Å². The van der Waals surface area contributed by atoms with Crippen LogP contribution in [-0.2, 0) is 6.42 Å². The molecule has 3 heteroatoms. The van der Waals surface area contributed by atoms with Gasteiger partial charge in [0.05, 0.1) is 0 Å². The number of nitrogens with one attached hydrogen (secondary N) is 2. The standard InChI is InChI=1S/C16H23N3/c17-13-5-7-14(8-6-13)18-10-9-12-11-19-16-4-2-1-3-15(12)16/h1-4,11,13-14,18-19H,5-10,17H2. The zero-order valence-corrected chi connectivity index (χ0v) is 11.4. The average Bonchev–Trinajstić information content (AvgIpc) is 2.85. The predicted molar refractivity (Wildman–Crippen MR) is 80.2 cm³/mol. The van der Waals surface area contributed by atoms with E-state index in [1.807, 2.05) is 0 Å². The summed E-state index contributed by atoms with van der Waals surface area (Å²) >= 11 is 0. The summed E-state index contributed by atoms with van der Waals surface area (Å²) in [5.41, 5.74) is 8.58. The van der Waals surface area contributed by atoms with Gasteiger partial charge in [-0.05, 0) is 50.3 Å². The second kappa shape index (κ2) is 5.76. The molecule has 3 rings (SSSR count). The second-order valence-electron chi connectivity index (χ2n) is 5.68. The van der Waals surface area contributed by atoms with Crippen LogP contribution >= 0.6 is 0 Å². The Hall–Kier alpha value is -1.32. The molecule has 1 fully saturated rings. The van der Waals surface area contributed by atoms with Crippen LogP contribution in [0.4, 0.5) is 0 Å². The van der Waals surface area contributed by atoms with Gasteiger partial charge < -0.3 is 16.0 Å². The lowest BCUT2D eigenvalue weighted by Gasteiger charge is -2.26. The molecule has 19 heavy (non-hydrogen) atoms. The number of aromatic nitrogens is 1. The second-order valence-corrected chi connectivity index (χ2v) is 5.68. The van der Waals surface area contributed by atoms with Gasteiger partial charge in [-0.25, -0.2) is 0 Å². The first-order chi connectivity index (χ1) is 9.33. The minimum Gasteiger partial charge on any atom is -0.361 e. The Bertz CT molecular complexity index is 524. The third-order valence-corrected chi connectivity index (χ3v) is 4.27. The molecule has 2 aromatic rings. The SMILES string of the molecule is NC1CCC(NCCc2c[nH]c3ccccc23)CC1. The monoisotopic (exact) mass is 257 g/mol. The van der Waals surface area contributed by atoms with Crippen LogP contribution in [0.2, 0.25) is 0 Å². The highest BCUT2D eigenvalue weighted by Gasteiger charge is 2.17. The van der Waals surface area contributed by atoms with Gasteiger partial charge in [0.1, 0.15) is 0 Å². The molecule has 0 bridgehead atoms. The summed E-state index contributed by atoms with van der Waals surface area (Å²) in [4.78, 5) is 3.34. The predicted octanol–water partition coefficient (Wildman–Crippen LogP) is 2.57. The maximum absolute atomic E-state index is 5.93. The molecule has 0 radical (unpaired) electrons. The Morgan fingerprint density at radius 1 is 1.16 bits per heavy atom. The molecule has 1 saturated carbocycles. The first-order valence-corrected chi connectivity index (χ1v) is 7.37. The zero-order chi connectivity index (χ0) is 13.1. The summed E-state index contributed by atoms with van der Waals surface area (Å²) in [6.45, 7) is 1.06. The van der Waals surface area contributed by atoms with Gasteiger partial charge in [-0.1, -0.05) is 18.2 Å². The quantitative estimate of drug-likeness (QED) is 0.788. The molecule has 0 atom stereocenters. The van der Waals surface area contributed by atoms with Crippen molar-refractivity contribution in [2.24, 2.45) is 5.73 Å². The minimum atomic E-state index is 0.437. The van der Waals surface area contributed by atoms with Crippen LogP contribution in [0.15, 0.2) is 30.5 Å². The number of benzene rings is 1. The minimum absolute atomic E-state index is 0.437. The normalized spacial score (nSPS) is 23.8. The molecule has 3 nitrogen and oxygen atoms in total. The Kier molecular flexibility index (Phi) is 3.85. The van der Waals surface area contributed by atoms with Crippen molar-refractivity contribution in [2.45, 2.75) is 44.2 Å². The first-order valence-electron chi connectivity index (χ1n) is 7.37. The smallest absolute Gasteiger partial charge is 0.0456 e. The topological polar surface area (TPSA) is 53.8 Å². The molecule has 1 aliphatic rings. The van der Waals surface area contributed by atoms with E-state index in [4.69, 9.17) is 5.73 Å². The summed E-state index contributed by atoms with van der Waals surface area (Å²) in [6, 6.07) is 9.62. The molecule has 102 valence electrons. The van der Waals surface area contributed by atoms with Gasteiger partial charge in [0, 0.05) is 29.2 Å². The third kappa shape index (κ3) is 2.99. The van der Waals surface area contributed by atoms with Gasteiger partial charge in [-0.15, -0.1) is 0 Å². The highest BCUT2D eigenvalue weighted by molar-refractivity contribution is 5.83. The molecule has 0 saturated heterocycles. The summed E-state index contributed by atoms with van der Waals surface area (Å²) in [5, 5.41) is 5.03. The number of aromatic amines is 1. The van der Waals surface area contributed by atoms with E-state index in [0.717, 1.165) is 13.0 Å². The van der Waals surface area contributed by atoms with Crippen molar-refractivity contribution in [2.75, 3.05) is 6.54 Å². The number of H-pyrrole nitrogens is 1. The first kappa shape index (κ1) is 12.7. The Morgan fingerprint density at radius 2 is 1.95 bits per heavy atom. The number of rotatable bonds is 4. The van der Waals surface area contributed by atoms with E-state index >= 15 is 0 Å². The summed E-state index contributed by atoms with van der Waals surface area (Å²) in [5.74, 6) is 0. The lowest BCUT2D eigenvalue weighted by Crippen LogP contribution is -2.38. The Morgan fingerprint density at radius 3 is 2.79 bits per heavy atom. The van der Waals surface area contributed by atoms with Crippen molar-refractivity contribution in [3.8, 4) is 0 Å². The van der Waals surface area contributed by atoms with Gasteiger partial charge in [-0.2, -0.15) is 0 Å². The van der Waals surface area contributed by atoms with Crippen LogP contribution in [0, 0.1) is 0 Å². The number of hydrogen-bond donors (Lipinski definition) is 3. The van der Waals surface area contributed by atoms with Crippen LogP contribution in [0.3, 0.4) is 0 Å². The van der Waals surface area contributed by atoms with E-state index < -0.39 is 0 Å². The Balaban J connectivity index is 1.52. The van der Waals surface area contributed by atoms with E-state index in [1.54, 1.807) is 0 Å². The largest absolute Gasteiger partial charge is 0.361 e. The van der Waals surface area contributed by atoms with Crippen LogP contribution in [0.5, 0.6) is 0 Å². The van der Waals surface area contributed by atoms with Crippen LogP contribution in [0.25, 0.3) is 10.9 Å². The van der Waals surface area contributed by atoms with Crippen LogP contribution in [0.1, 0.15) is 31.2 Å². The summed E-state index contributed by atoms with van der Waals surface area (Å²) < 4.78 is 0. The molecule has 0 spiro atoms. The molecule has 1 aliphatic carbocycles. The highest BCUT2D eigenvalue weighted by atomic mass is 14.9. The van der Waals surface area contributed by atoms with Gasteiger partial charge >= 0.3 is 0 Å². The van der Waals surface area contributed by atoms with E-state index in [2.05, 4.69) is 40.8 Å². The highest BCUT2D eigenvalue weighted by Crippen LogP contribution is 2.19. The average molecular weight is 257 g/mol. The van der Waals surface area contributed by atoms with Crippen molar-refractivity contribution in [1.29, 1.82) is 0 Å². The molecular weight excluding hydrogens is 234 g/mol. The van der Waals surface area contributed by atoms with Crippen molar-refractivity contribution in [3.63, 3.8) is 0 Å². The maximum Gasteiger partial charge on any atom is 0.0456 e. The molecule has 1 heterocycles. The van der Waals surface area contributed by atoms with Crippen molar-refractivity contribution >= 4 is 10.9 Å². The van der Waals surface area contributed by atoms with Gasteiger partial charge in [0.15, 0.2) is 0 Å². The number of para-hydroxylation sites is 1. The summed E-state index contributed by atoms with van der Waals surface area (Å²) in [6.07, 6.45) is 8.04. The lowest BCUT2D eigenvalue weighted by molar-refractivity contribution is 0.344. The molecule has 4 N–H and O–H groups in total. The van der Waals surface area contributed by atoms with E-state index in [-0.39, 0.29) is 0 Å². The fraction of sp³-hybridized carbons (Fsp3) is 0.500. The third-order valence-electron chi connectivity index (χ3n) is 4.27. The van der Waals surface area contributed by atoms with Crippen LogP contribution < -0.4 is 11.1 Å². The van der Waals surface area contributed by atoms with Crippen LogP contribution in [-0.4, -0.2) is 23.6 Å². The van der Waals surface area contributed by atoms with E-state index in [1.165, 1.54) is 42.1 Å². The molecule has 0 aliphatic heterocycles. The van der Waals surface area contributed by atoms with E-state index in [9.17, 15) is 0 Å². The zero-order valence-electron chi connectivity index (χ0n) is 11.4. The molecular formula is C16H23N3. The number of hydrogen-bond acceptors (Lipinski definition) is 2. The molecule has 0 unspecified atom stereocenters.